The summed E-state index contributed by atoms with van der Waals surface area (Å²) in [5, 5.41) is 3.44. The van der Waals surface area contributed by atoms with Gasteiger partial charge in [0.25, 0.3) is 11.5 Å². The number of nitrogens with one attached hydrogen (secondary N) is 2. The normalized spacial score (nSPS) is 11.1. The summed E-state index contributed by atoms with van der Waals surface area (Å²) < 4.78 is 5.81. The molecule has 3 aromatic rings. The fourth-order valence-electron chi connectivity index (χ4n) is 2.59. The van der Waals surface area contributed by atoms with Crippen molar-refractivity contribution in [2.45, 2.75) is 26.4 Å². The summed E-state index contributed by atoms with van der Waals surface area (Å²) in [5.41, 5.74) is 0.536. The van der Waals surface area contributed by atoms with E-state index >= 15 is 0 Å². The van der Waals surface area contributed by atoms with Gasteiger partial charge in [-0.25, -0.2) is 4.98 Å². The Morgan fingerprint density at radius 2 is 1.86 bits per heavy atom. The van der Waals surface area contributed by atoms with Crippen LogP contribution in [0.5, 0.6) is 5.75 Å². The molecule has 1 heterocycles. The second-order valence-corrected chi connectivity index (χ2v) is 7.27. The zero-order valence-electron chi connectivity index (χ0n) is 15.7. The average molecular weight is 398 g/mol. The molecular weight excluding hydrogens is 378 g/mol. The lowest BCUT2D eigenvalue weighted by atomic mass is 10.1. The maximum Gasteiger partial charge on any atom is 0.267 e. The number of H-pyrrole nitrogens is 1. The van der Waals surface area contributed by atoms with Crippen molar-refractivity contribution in [3.8, 4) is 17.1 Å². The third kappa shape index (κ3) is 4.78. The molecule has 28 heavy (non-hydrogen) atoms. The van der Waals surface area contributed by atoms with Crippen LogP contribution in [0.4, 0.5) is 5.69 Å². The molecule has 0 aliphatic rings. The number of aryl methyl sites for hydroxylation is 1. The Morgan fingerprint density at radius 1 is 1.14 bits per heavy atom. The highest BCUT2D eigenvalue weighted by molar-refractivity contribution is 6.30. The molecule has 0 unspecified atom stereocenters. The first-order valence-corrected chi connectivity index (χ1v) is 9.05. The van der Waals surface area contributed by atoms with E-state index in [1.165, 1.54) is 6.07 Å². The molecule has 6 nitrogen and oxygen atoms in total. The average Bonchev–Trinajstić information content (AvgIpc) is 2.63. The minimum Gasteiger partial charge on any atom is -0.478 e. The molecule has 7 heteroatoms. The second kappa shape index (κ2) is 7.86. The first-order chi connectivity index (χ1) is 13.2. The van der Waals surface area contributed by atoms with Gasteiger partial charge in [-0.05, 0) is 57.2 Å². The van der Waals surface area contributed by atoms with Gasteiger partial charge in [0, 0.05) is 28.0 Å². The van der Waals surface area contributed by atoms with Crippen LogP contribution >= 0.6 is 11.6 Å². The van der Waals surface area contributed by atoms with Crippen molar-refractivity contribution < 1.29 is 9.53 Å². The van der Waals surface area contributed by atoms with Crippen LogP contribution in [-0.2, 0) is 4.79 Å². The molecule has 3 rings (SSSR count). The largest absolute Gasteiger partial charge is 0.478 e. The van der Waals surface area contributed by atoms with E-state index in [0.717, 1.165) is 0 Å². The molecule has 0 atom stereocenters. The molecule has 0 spiro atoms. The highest BCUT2D eigenvalue weighted by atomic mass is 35.5. The van der Waals surface area contributed by atoms with Crippen LogP contribution in [0.1, 0.15) is 19.5 Å². The lowest BCUT2D eigenvalue weighted by Crippen LogP contribution is -2.42. The second-order valence-electron chi connectivity index (χ2n) is 6.84. The minimum atomic E-state index is -1.11. The number of aromatic nitrogens is 2. The van der Waals surface area contributed by atoms with Crippen molar-refractivity contribution in [2.24, 2.45) is 0 Å². The molecule has 0 aliphatic carbocycles. The third-order valence-electron chi connectivity index (χ3n) is 4.00. The van der Waals surface area contributed by atoms with Gasteiger partial charge < -0.3 is 15.0 Å². The van der Waals surface area contributed by atoms with Crippen LogP contribution < -0.4 is 15.6 Å². The predicted octanol–water partition coefficient (Wildman–Crippen LogP) is 4.19. The van der Waals surface area contributed by atoms with E-state index in [4.69, 9.17) is 16.3 Å². The number of ether oxygens (including phenoxy) is 1. The summed E-state index contributed by atoms with van der Waals surface area (Å²) >= 11 is 5.88. The molecular formula is C21H20ClN3O3. The van der Waals surface area contributed by atoms with Crippen molar-refractivity contribution in [3.05, 3.63) is 75.7 Å². The Bertz CT molecular complexity index is 1060. The smallest absolute Gasteiger partial charge is 0.267 e. The van der Waals surface area contributed by atoms with Gasteiger partial charge in [-0.15, -0.1) is 0 Å². The zero-order valence-corrected chi connectivity index (χ0v) is 16.5. The van der Waals surface area contributed by atoms with Gasteiger partial charge >= 0.3 is 0 Å². The van der Waals surface area contributed by atoms with E-state index in [1.54, 1.807) is 63.2 Å². The van der Waals surface area contributed by atoms with Crippen LogP contribution in [0.25, 0.3) is 11.4 Å². The topological polar surface area (TPSA) is 84.1 Å². The Balaban J connectivity index is 1.78. The van der Waals surface area contributed by atoms with Gasteiger partial charge in [0.05, 0.1) is 0 Å². The number of aromatic amines is 1. The zero-order chi connectivity index (χ0) is 20.3. The quantitative estimate of drug-likeness (QED) is 0.675. The van der Waals surface area contributed by atoms with Crippen LogP contribution in [0, 0.1) is 6.92 Å². The Kier molecular flexibility index (Phi) is 5.51. The van der Waals surface area contributed by atoms with Gasteiger partial charge in [-0.2, -0.15) is 0 Å². The molecule has 2 N–H and O–H groups in total. The van der Waals surface area contributed by atoms with Gasteiger partial charge in [-0.3, -0.25) is 9.59 Å². The number of hydrogen-bond acceptors (Lipinski definition) is 4. The monoisotopic (exact) mass is 397 g/mol. The van der Waals surface area contributed by atoms with E-state index in [9.17, 15) is 9.59 Å². The van der Waals surface area contributed by atoms with Gasteiger partial charge in [-0.1, -0.05) is 23.7 Å². The Morgan fingerprint density at radius 3 is 2.54 bits per heavy atom. The molecule has 0 radical (unpaired) electrons. The molecule has 0 fully saturated rings. The molecule has 2 aromatic carbocycles. The predicted molar refractivity (Wildman–Crippen MR) is 110 cm³/mol. The molecule has 0 saturated carbocycles. The summed E-state index contributed by atoms with van der Waals surface area (Å²) in [4.78, 5) is 31.4. The van der Waals surface area contributed by atoms with Crippen molar-refractivity contribution in [1.29, 1.82) is 0 Å². The van der Waals surface area contributed by atoms with E-state index < -0.39 is 5.60 Å². The number of halogens is 1. The summed E-state index contributed by atoms with van der Waals surface area (Å²) in [5.74, 6) is 0.669. The Labute approximate surface area is 167 Å². The highest BCUT2D eigenvalue weighted by Crippen LogP contribution is 2.23. The number of rotatable bonds is 5. The SMILES string of the molecule is Cc1cc(=O)[nH]c(-c2cccc(NC(=O)C(C)(C)Oc3ccc(Cl)cc3)c2)n1. The van der Waals surface area contributed by atoms with E-state index in [0.29, 0.717) is 33.5 Å². The maximum atomic E-state index is 12.7. The fraction of sp³-hybridized carbons (Fsp3) is 0.190. The number of carbonyl (C=O) groups excluding carboxylic acids is 1. The van der Waals surface area contributed by atoms with Gasteiger partial charge in [0.15, 0.2) is 5.60 Å². The summed E-state index contributed by atoms with van der Waals surface area (Å²) in [6.45, 7) is 5.11. The number of hydrogen-bond donors (Lipinski definition) is 2. The molecule has 0 bridgehead atoms. The van der Waals surface area contributed by atoms with Crippen molar-refractivity contribution in [2.75, 3.05) is 5.32 Å². The summed E-state index contributed by atoms with van der Waals surface area (Å²) in [7, 11) is 0. The van der Waals surface area contributed by atoms with E-state index in [-0.39, 0.29) is 11.5 Å². The molecule has 0 saturated heterocycles. The summed E-state index contributed by atoms with van der Waals surface area (Å²) in [6.07, 6.45) is 0. The molecule has 1 amide bonds. The lowest BCUT2D eigenvalue weighted by molar-refractivity contribution is -0.128. The first-order valence-electron chi connectivity index (χ1n) is 8.67. The number of benzene rings is 2. The number of carbonyl (C=O) groups is 1. The molecule has 0 aliphatic heterocycles. The lowest BCUT2D eigenvalue weighted by Gasteiger charge is -2.25. The maximum absolute atomic E-state index is 12.7. The Hall–Kier alpha value is -3.12. The van der Waals surface area contributed by atoms with Crippen LogP contribution in [0.15, 0.2) is 59.4 Å². The molecule has 1 aromatic heterocycles. The van der Waals surface area contributed by atoms with Crippen molar-refractivity contribution >= 4 is 23.2 Å². The van der Waals surface area contributed by atoms with Gasteiger partial charge in [0.2, 0.25) is 0 Å². The highest BCUT2D eigenvalue weighted by Gasteiger charge is 2.30. The third-order valence-corrected chi connectivity index (χ3v) is 4.25. The van der Waals surface area contributed by atoms with E-state index in [2.05, 4.69) is 15.3 Å². The summed E-state index contributed by atoms with van der Waals surface area (Å²) in [6, 6.07) is 15.3. The fourth-order valence-corrected chi connectivity index (χ4v) is 2.71. The number of anilines is 1. The standard InChI is InChI=1S/C21H20ClN3O3/c1-13-11-18(26)25-19(23-13)14-5-4-6-16(12-14)24-20(27)21(2,3)28-17-9-7-15(22)8-10-17/h4-12H,1-3H3,(H,24,27)(H,23,25,26). The van der Waals surface area contributed by atoms with Crippen molar-refractivity contribution in [3.63, 3.8) is 0 Å². The first kappa shape index (κ1) is 19.6. The minimum absolute atomic E-state index is 0.227. The van der Waals surface area contributed by atoms with Crippen LogP contribution in [0.2, 0.25) is 5.02 Å². The van der Waals surface area contributed by atoms with E-state index in [1.807, 2.05) is 6.07 Å². The van der Waals surface area contributed by atoms with Crippen molar-refractivity contribution in [1.82, 2.24) is 9.97 Å². The number of nitrogens with zero attached hydrogens (tertiary/aromatic N) is 1. The van der Waals surface area contributed by atoms with Crippen LogP contribution in [-0.4, -0.2) is 21.5 Å². The van der Waals surface area contributed by atoms with Gasteiger partial charge in [0.1, 0.15) is 11.6 Å². The van der Waals surface area contributed by atoms with Crippen LogP contribution in [0.3, 0.4) is 0 Å². The molecule has 144 valence electrons. The number of amides is 1.